The summed E-state index contributed by atoms with van der Waals surface area (Å²) in [5.74, 6) is -2.71. The average molecular weight is 413 g/mol. The molecule has 1 aromatic carbocycles. The molecule has 0 bridgehead atoms. The molecule has 1 aromatic heterocycles. The lowest BCUT2D eigenvalue weighted by molar-refractivity contribution is -0.148. The molecule has 1 aliphatic heterocycles. The normalized spacial score (nSPS) is 16.2. The van der Waals surface area contributed by atoms with E-state index in [0.29, 0.717) is 10.8 Å². The third-order valence-corrected chi connectivity index (χ3v) is 6.06. The van der Waals surface area contributed by atoms with Crippen molar-refractivity contribution >= 4 is 45.7 Å². The standard InChI is InChI=1S/C20H19N3O5S/c1-11(23-14-8-4-2-6-12(14)17(25)18(23)26)19(27)28-10-16(24)22-20-21-13-7-3-5-9-15(13)29-20/h2,4,6,8,11H,3,5,7,9-10H2,1H3,(H,21,22,24). The Labute approximate surface area is 170 Å². The number of ketones is 1. The van der Waals surface area contributed by atoms with Crippen LogP contribution in [0.25, 0.3) is 0 Å². The van der Waals surface area contributed by atoms with Crippen LogP contribution < -0.4 is 10.2 Å². The number of hydrogen-bond acceptors (Lipinski definition) is 7. The van der Waals surface area contributed by atoms with Gasteiger partial charge in [-0.2, -0.15) is 0 Å². The molecule has 0 saturated heterocycles. The van der Waals surface area contributed by atoms with Gasteiger partial charge >= 0.3 is 5.97 Å². The first-order valence-electron chi connectivity index (χ1n) is 9.37. The number of fused-ring (bicyclic) bond motifs is 2. The maximum absolute atomic E-state index is 12.4. The number of aryl methyl sites for hydroxylation is 2. The Bertz CT molecular complexity index is 992. The summed E-state index contributed by atoms with van der Waals surface area (Å²) in [4.78, 5) is 55.6. The lowest BCUT2D eigenvalue weighted by Crippen LogP contribution is -2.44. The fourth-order valence-corrected chi connectivity index (χ4v) is 4.58. The molecular weight excluding hydrogens is 394 g/mol. The van der Waals surface area contributed by atoms with Crippen molar-refractivity contribution in [1.29, 1.82) is 0 Å². The van der Waals surface area contributed by atoms with Gasteiger partial charge in [-0.15, -0.1) is 11.3 Å². The summed E-state index contributed by atoms with van der Waals surface area (Å²) >= 11 is 1.44. The molecule has 1 aliphatic carbocycles. The lowest BCUT2D eigenvalue weighted by Gasteiger charge is -2.22. The van der Waals surface area contributed by atoms with E-state index in [2.05, 4.69) is 10.3 Å². The van der Waals surface area contributed by atoms with E-state index >= 15 is 0 Å². The minimum Gasteiger partial charge on any atom is -0.454 e. The summed E-state index contributed by atoms with van der Waals surface area (Å²) in [6.45, 7) is 0.966. The lowest BCUT2D eigenvalue weighted by atomic mass is 10.0. The van der Waals surface area contributed by atoms with Crippen molar-refractivity contribution in [3.8, 4) is 0 Å². The second kappa shape index (κ2) is 7.75. The molecule has 9 heteroatoms. The second-order valence-corrected chi connectivity index (χ2v) is 8.03. The highest BCUT2D eigenvalue weighted by atomic mass is 32.1. The summed E-state index contributed by atoms with van der Waals surface area (Å²) in [7, 11) is 0. The molecule has 4 rings (SSSR count). The number of carbonyl (C=O) groups excluding carboxylic acids is 4. The first-order valence-corrected chi connectivity index (χ1v) is 10.2. The molecule has 2 amide bonds. The van der Waals surface area contributed by atoms with E-state index in [0.717, 1.165) is 36.3 Å². The number of hydrogen-bond donors (Lipinski definition) is 1. The Hall–Kier alpha value is -3.07. The number of rotatable bonds is 5. The predicted octanol–water partition coefficient (Wildman–Crippen LogP) is 2.12. The van der Waals surface area contributed by atoms with Gasteiger partial charge < -0.3 is 4.74 Å². The first-order chi connectivity index (χ1) is 14.0. The fourth-order valence-electron chi connectivity index (χ4n) is 3.52. The van der Waals surface area contributed by atoms with Crippen molar-refractivity contribution in [1.82, 2.24) is 4.98 Å². The van der Waals surface area contributed by atoms with Gasteiger partial charge in [-0.1, -0.05) is 12.1 Å². The summed E-state index contributed by atoms with van der Waals surface area (Å²) in [6, 6.07) is 5.43. The number of thiazole rings is 1. The number of esters is 1. The van der Waals surface area contributed by atoms with Crippen LogP contribution in [0.4, 0.5) is 10.8 Å². The molecule has 29 heavy (non-hydrogen) atoms. The molecule has 1 N–H and O–H groups in total. The van der Waals surface area contributed by atoms with Gasteiger partial charge in [-0.3, -0.25) is 24.6 Å². The summed E-state index contributed by atoms with van der Waals surface area (Å²) in [6.07, 6.45) is 4.11. The van der Waals surface area contributed by atoms with Crippen LogP contribution in [0.5, 0.6) is 0 Å². The van der Waals surface area contributed by atoms with Gasteiger partial charge in [-0.25, -0.2) is 9.78 Å². The van der Waals surface area contributed by atoms with E-state index in [1.54, 1.807) is 18.2 Å². The summed E-state index contributed by atoms with van der Waals surface area (Å²) in [5, 5.41) is 3.15. The van der Waals surface area contributed by atoms with E-state index in [4.69, 9.17) is 4.74 Å². The number of nitrogens with zero attached hydrogens (tertiary/aromatic N) is 2. The second-order valence-electron chi connectivity index (χ2n) is 6.95. The number of anilines is 2. The third-order valence-electron chi connectivity index (χ3n) is 4.99. The highest BCUT2D eigenvalue weighted by Crippen LogP contribution is 2.31. The number of nitrogens with one attached hydrogen (secondary N) is 1. The molecule has 1 atom stereocenters. The van der Waals surface area contributed by atoms with Gasteiger partial charge in [0.15, 0.2) is 11.7 Å². The molecular formula is C20H19N3O5S. The Morgan fingerprint density at radius 2 is 2.00 bits per heavy atom. The maximum atomic E-state index is 12.4. The van der Waals surface area contributed by atoms with E-state index in [-0.39, 0.29) is 5.56 Å². The van der Waals surface area contributed by atoms with Crippen LogP contribution in [-0.4, -0.2) is 41.2 Å². The van der Waals surface area contributed by atoms with E-state index in [1.807, 2.05) is 0 Å². The zero-order valence-corrected chi connectivity index (χ0v) is 16.6. The molecule has 2 aliphatic rings. The number of aromatic nitrogens is 1. The van der Waals surface area contributed by atoms with Crippen LogP contribution in [0.15, 0.2) is 24.3 Å². The number of Topliss-reactive ketones (excluding diaryl/α,β-unsaturated/α-hetero) is 1. The molecule has 1 unspecified atom stereocenters. The molecule has 0 radical (unpaired) electrons. The van der Waals surface area contributed by atoms with Gasteiger partial charge in [0.05, 0.1) is 16.9 Å². The summed E-state index contributed by atoms with van der Waals surface area (Å²) in [5.41, 5.74) is 1.64. The number of para-hydroxylation sites is 1. The minimum atomic E-state index is -1.03. The van der Waals surface area contributed by atoms with Gasteiger partial charge in [0.25, 0.3) is 17.6 Å². The van der Waals surface area contributed by atoms with Crippen LogP contribution in [0.1, 0.15) is 40.7 Å². The topological polar surface area (TPSA) is 106 Å². The van der Waals surface area contributed by atoms with Gasteiger partial charge in [-0.05, 0) is 44.7 Å². The summed E-state index contributed by atoms with van der Waals surface area (Å²) < 4.78 is 5.07. The molecule has 0 fully saturated rings. The third kappa shape index (κ3) is 3.65. The van der Waals surface area contributed by atoms with E-state index < -0.39 is 36.2 Å². The van der Waals surface area contributed by atoms with Crippen molar-refractivity contribution in [2.75, 3.05) is 16.8 Å². The molecule has 8 nitrogen and oxygen atoms in total. The monoisotopic (exact) mass is 413 g/mol. The number of ether oxygens (including phenoxy) is 1. The van der Waals surface area contributed by atoms with Crippen molar-refractivity contribution in [3.05, 3.63) is 40.4 Å². The van der Waals surface area contributed by atoms with Gasteiger partial charge in [0.2, 0.25) is 0 Å². The first kappa shape index (κ1) is 19.3. The van der Waals surface area contributed by atoms with Crippen molar-refractivity contribution in [2.24, 2.45) is 0 Å². The molecule has 150 valence electrons. The quantitative estimate of drug-likeness (QED) is 0.595. The van der Waals surface area contributed by atoms with Crippen LogP contribution in [-0.2, 0) is 32.0 Å². The maximum Gasteiger partial charge on any atom is 0.329 e. The molecule has 2 heterocycles. The zero-order chi connectivity index (χ0) is 20.5. The Balaban J connectivity index is 1.36. The highest BCUT2D eigenvalue weighted by Gasteiger charge is 2.41. The van der Waals surface area contributed by atoms with Crippen LogP contribution >= 0.6 is 11.3 Å². The highest BCUT2D eigenvalue weighted by molar-refractivity contribution is 7.15. The molecule has 2 aromatic rings. The van der Waals surface area contributed by atoms with Gasteiger partial charge in [0.1, 0.15) is 6.04 Å². The SMILES string of the molecule is CC(C(=O)OCC(=O)Nc1nc2c(s1)CCCC2)N1C(=O)C(=O)c2ccccc21. The van der Waals surface area contributed by atoms with Crippen LogP contribution in [0.2, 0.25) is 0 Å². The largest absolute Gasteiger partial charge is 0.454 e. The average Bonchev–Trinajstić information content (AvgIpc) is 3.24. The zero-order valence-electron chi connectivity index (χ0n) is 15.8. The number of amides is 2. The van der Waals surface area contributed by atoms with Crippen molar-refractivity contribution in [3.63, 3.8) is 0 Å². The predicted molar refractivity (Wildman–Crippen MR) is 106 cm³/mol. The van der Waals surface area contributed by atoms with Crippen molar-refractivity contribution in [2.45, 2.75) is 38.6 Å². The van der Waals surface area contributed by atoms with E-state index in [9.17, 15) is 19.2 Å². The number of carbonyl (C=O) groups is 4. The molecule has 0 spiro atoms. The Morgan fingerprint density at radius 3 is 2.79 bits per heavy atom. The smallest absolute Gasteiger partial charge is 0.329 e. The molecule has 0 saturated carbocycles. The number of benzene rings is 1. The fraction of sp³-hybridized carbons (Fsp3) is 0.350. The van der Waals surface area contributed by atoms with E-state index in [1.165, 1.54) is 29.2 Å². The van der Waals surface area contributed by atoms with Crippen molar-refractivity contribution < 1.29 is 23.9 Å². The van der Waals surface area contributed by atoms with Crippen LogP contribution in [0, 0.1) is 0 Å². The Kier molecular flexibility index (Phi) is 5.14. The van der Waals surface area contributed by atoms with Gasteiger partial charge in [0, 0.05) is 4.88 Å². The van der Waals surface area contributed by atoms with Crippen LogP contribution in [0.3, 0.4) is 0 Å². The minimum absolute atomic E-state index is 0.252. The Morgan fingerprint density at radius 1 is 1.24 bits per heavy atom.